The zero-order valence-electron chi connectivity index (χ0n) is 11.9. The zero-order chi connectivity index (χ0) is 14.0. The van der Waals surface area contributed by atoms with Crippen molar-refractivity contribution in [1.29, 1.82) is 0 Å². The van der Waals surface area contributed by atoms with Gasteiger partial charge in [-0.1, -0.05) is 40.0 Å². The predicted octanol–water partition coefficient (Wildman–Crippen LogP) is 3.91. The van der Waals surface area contributed by atoms with E-state index in [1.165, 1.54) is 18.4 Å². The van der Waals surface area contributed by atoms with Crippen LogP contribution in [0.15, 0.2) is 12.1 Å². The molecule has 0 aliphatic heterocycles. The van der Waals surface area contributed by atoms with Crippen LogP contribution in [0.1, 0.15) is 46.3 Å². The normalized spacial score (nSPS) is 22.5. The van der Waals surface area contributed by atoms with Gasteiger partial charge in [0.15, 0.2) is 0 Å². The van der Waals surface area contributed by atoms with Crippen LogP contribution in [0.25, 0.3) is 0 Å². The molecule has 2 unspecified atom stereocenters. The summed E-state index contributed by atoms with van der Waals surface area (Å²) < 4.78 is 0. The number of alkyl halides is 1. The molecule has 0 heterocycles. The molecule has 1 saturated carbocycles. The van der Waals surface area contributed by atoms with Crippen LogP contribution in [0.2, 0.25) is 0 Å². The summed E-state index contributed by atoms with van der Waals surface area (Å²) in [6.45, 7) is 6.11. The minimum absolute atomic E-state index is 0.0906. The molecule has 1 aromatic carbocycles. The molecule has 0 radical (unpaired) electrons. The van der Waals surface area contributed by atoms with E-state index in [0.29, 0.717) is 12.0 Å². The van der Waals surface area contributed by atoms with Crippen LogP contribution in [0.3, 0.4) is 0 Å². The van der Waals surface area contributed by atoms with E-state index in [-0.39, 0.29) is 5.91 Å². The van der Waals surface area contributed by atoms with E-state index in [9.17, 15) is 4.79 Å². The van der Waals surface area contributed by atoms with Crippen molar-refractivity contribution in [2.24, 2.45) is 5.92 Å². The molecule has 104 valence electrons. The van der Waals surface area contributed by atoms with E-state index < -0.39 is 0 Å². The Bertz CT molecular complexity index is 461. The first-order valence-corrected chi connectivity index (χ1v) is 8.09. The maximum Gasteiger partial charge on any atom is 0.252 e. The summed E-state index contributed by atoms with van der Waals surface area (Å²) in [6.07, 6.45) is 3.53. The van der Waals surface area contributed by atoms with E-state index in [4.69, 9.17) is 0 Å². The second-order valence-electron chi connectivity index (χ2n) is 5.70. The largest absolute Gasteiger partial charge is 0.349 e. The first kappa shape index (κ1) is 14.6. The molecule has 0 saturated heterocycles. The fourth-order valence-corrected chi connectivity index (χ4v) is 3.97. The van der Waals surface area contributed by atoms with Crippen molar-refractivity contribution in [1.82, 2.24) is 5.32 Å². The summed E-state index contributed by atoms with van der Waals surface area (Å²) in [5.41, 5.74) is 4.21. The number of rotatable bonds is 3. The summed E-state index contributed by atoms with van der Waals surface area (Å²) in [4.78, 5) is 12.5. The SMILES string of the molecule is Cc1cc(C)c(C(=O)NC2CCCC2CBr)c(C)c1. The summed E-state index contributed by atoms with van der Waals surface area (Å²) in [5, 5.41) is 4.20. The van der Waals surface area contributed by atoms with Crippen molar-refractivity contribution >= 4 is 21.8 Å². The summed E-state index contributed by atoms with van der Waals surface area (Å²) in [5.74, 6) is 0.669. The lowest BCUT2D eigenvalue weighted by Gasteiger charge is -2.20. The molecule has 1 amide bonds. The Balaban J connectivity index is 2.16. The molecule has 3 heteroatoms. The Hall–Kier alpha value is -0.830. The number of hydrogen-bond donors (Lipinski definition) is 1. The summed E-state index contributed by atoms with van der Waals surface area (Å²) >= 11 is 3.55. The number of halogens is 1. The van der Waals surface area contributed by atoms with Gasteiger partial charge in [-0.25, -0.2) is 0 Å². The molecule has 2 rings (SSSR count). The van der Waals surface area contributed by atoms with Gasteiger partial charge in [-0.05, 0) is 50.7 Å². The molecule has 0 spiro atoms. The fourth-order valence-electron chi connectivity index (χ4n) is 3.19. The minimum atomic E-state index is 0.0906. The highest BCUT2D eigenvalue weighted by molar-refractivity contribution is 9.09. The number of amides is 1. The van der Waals surface area contributed by atoms with Gasteiger partial charge in [0.05, 0.1) is 0 Å². The van der Waals surface area contributed by atoms with Crippen LogP contribution in [0.4, 0.5) is 0 Å². The number of hydrogen-bond acceptors (Lipinski definition) is 1. The Morgan fingerprint density at radius 3 is 2.47 bits per heavy atom. The van der Waals surface area contributed by atoms with Crippen LogP contribution in [0, 0.1) is 26.7 Å². The molecule has 1 N–H and O–H groups in total. The summed E-state index contributed by atoms with van der Waals surface area (Å²) in [6, 6.07) is 4.49. The van der Waals surface area contributed by atoms with Crippen molar-refractivity contribution in [2.75, 3.05) is 5.33 Å². The zero-order valence-corrected chi connectivity index (χ0v) is 13.5. The molecule has 2 atom stereocenters. The monoisotopic (exact) mass is 323 g/mol. The number of aryl methyl sites for hydroxylation is 3. The van der Waals surface area contributed by atoms with Crippen molar-refractivity contribution in [3.05, 3.63) is 34.4 Å². The molecule has 19 heavy (non-hydrogen) atoms. The molecular formula is C16H22BrNO. The van der Waals surface area contributed by atoms with Crippen molar-refractivity contribution in [3.8, 4) is 0 Å². The average molecular weight is 324 g/mol. The fraction of sp³-hybridized carbons (Fsp3) is 0.562. The smallest absolute Gasteiger partial charge is 0.252 e. The number of carbonyl (C=O) groups is 1. The Morgan fingerprint density at radius 1 is 1.26 bits per heavy atom. The van der Waals surface area contributed by atoms with Crippen LogP contribution >= 0.6 is 15.9 Å². The third-order valence-corrected chi connectivity index (χ3v) is 4.91. The number of benzene rings is 1. The highest BCUT2D eigenvalue weighted by Gasteiger charge is 2.28. The van der Waals surface area contributed by atoms with E-state index >= 15 is 0 Å². The summed E-state index contributed by atoms with van der Waals surface area (Å²) in [7, 11) is 0. The number of nitrogens with one attached hydrogen (secondary N) is 1. The molecule has 1 aliphatic rings. The van der Waals surface area contributed by atoms with Gasteiger partial charge in [-0.2, -0.15) is 0 Å². The number of carbonyl (C=O) groups excluding carboxylic acids is 1. The van der Waals surface area contributed by atoms with Crippen LogP contribution in [-0.4, -0.2) is 17.3 Å². The maximum atomic E-state index is 12.5. The van der Waals surface area contributed by atoms with E-state index in [2.05, 4.69) is 40.3 Å². The first-order chi connectivity index (χ1) is 9.02. The van der Waals surface area contributed by atoms with Crippen LogP contribution in [-0.2, 0) is 0 Å². The van der Waals surface area contributed by atoms with Crippen LogP contribution in [0.5, 0.6) is 0 Å². The van der Waals surface area contributed by atoms with Gasteiger partial charge in [0.1, 0.15) is 0 Å². The quantitative estimate of drug-likeness (QED) is 0.839. The Kier molecular flexibility index (Phi) is 4.67. The van der Waals surface area contributed by atoms with Crippen molar-refractivity contribution in [3.63, 3.8) is 0 Å². The van der Waals surface area contributed by atoms with Gasteiger partial charge < -0.3 is 5.32 Å². The van der Waals surface area contributed by atoms with E-state index in [0.717, 1.165) is 28.4 Å². The highest BCUT2D eigenvalue weighted by atomic mass is 79.9. The van der Waals surface area contributed by atoms with Gasteiger partial charge in [0.25, 0.3) is 5.91 Å². The molecule has 1 fully saturated rings. The molecule has 1 aromatic rings. The van der Waals surface area contributed by atoms with Crippen molar-refractivity contribution < 1.29 is 4.79 Å². The molecular weight excluding hydrogens is 302 g/mol. The lowest BCUT2D eigenvalue weighted by molar-refractivity contribution is 0.0929. The molecule has 0 bridgehead atoms. The third-order valence-electron chi connectivity index (χ3n) is 4.08. The maximum absolute atomic E-state index is 12.5. The minimum Gasteiger partial charge on any atom is -0.349 e. The Morgan fingerprint density at radius 2 is 1.89 bits per heavy atom. The van der Waals surface area contributed by atoms with E-state index in [1.54, 1.807) is 0 Å². The van der Waals surface area contributed by atoms with Gasteiger partial charge in [-0.3, -0.25) is 4.79 Å². The lowest BCUT2D eigenvalue weighted by atomic mass is 9.98. The Labute approximate surface area is 124 Å². The lowest BCUT2D eigenvalue weighted by Crippen LogP contribution is -2.38. The standard InChI is InChI=1S/C16H22BrNO/c1-10-7-11(2)15(12(3)8-10)16(19)18-14-6-4-5-13(14)9-17/h7-8,13-14H,4-6,9H2,1-3H3,(H,18,19). The van der Waals surface area contributed by atoms with E-state index in [1.807, 2.05) is 13.8 Å². The second-order valence-corrected chi connectivity index (χ2v) is 6.35. The van der Waals surface area contributed by atoms with Gasteiger partial charge >= 0.3 is 0 Å². The molecule has 2 nitrogen and oxygen atoms in total. The first-order valence-electron chi connectivity index (χ1n) is 6.97. The molecule has 1 aliphatic carbocycles. The van der Waals surface area contributed by atoms with Gasteiger partial charge in [0.2, 0.25) is 0 Å². The topological polar surface area (TPSA) is 29.1 Å². The van der Waals surface area contributed by atoms with Crippen LogP contribution < -0.4 is 5.32 Å². The van der Waals surface area contributed by atoms with Crippen molar-refractivity contribution in [2.45, 2.75) is 46.1 Å². The van der Waals surface area contributed by atoms with Gasteiger partial charge in [-0.15, -0.1) is 0 Å². The average Bonchev–Trinajstić information content (AvgIpc) is 2.74. The molecule has 0 aromatic heterocycles. The highest BCUT2D eigenvalue weighted by Crippen LogP contribution is 2.28. The predicted molar refractivity (Wildman–Crippen MR) is 83.0 cm³/mol. The third kappa shape index (κ3) is 3.19. The second kappa shape index (κ2) is 6.08. The van der Waals surface area contributed by atoms with Gasteiger partial charge in [0, 0.05) is 16.9 Å².